The van der Waals surface area contributed by atoms with Crippen LogP contribution >= 0.6 is 34.5 Å². The first-order valence-corrected chi connectivity index (χ1v) is 7.88. The summed E-state index contributed by atoms with van der Waals surface area (Å²) >= 11 is 13.1. The minimum atomic E-state index is 0.0948. The zero-order valence-electron chi connectivity index (χ0n) is 10.3. The Hall–Kier alpha value is -0.0900. The van der Waals surface area contributed by atoms with Crippen LogP contribution in [0.1, 0.15) is 43.0 Å². The van der Waals surface area contributed by atoms with Crippen molar-refractivity contribution in [2.75, 3.05) is 6.54 Å². The third-order valence-corrected chi connectivity index (χ3v) is 5.06. The molecule has 1 saturated heterocycles. The van der Waals surface area contributed by atoms with Crippen LogP contribution in [0.15, 0.2) is 6.07 Å². The van der Waals surface area contributed by atoms with E-state index in [0.29, 0.717) is 20.7 Å². The lowest BCUT2D eigenvalue weighted by atomic mass is 9.88. The molecule has 2 atom stereocenters. The molecule has 2 heterocycles. The fourth-order valence-corrected chi connectivity index (χ4v) is 3.98. The van der Waals surface area contributed by atoms with Crippen LogP contribution in [0.5, 0.6) is 0 Å². The van der Waals surface area contributed by atoms with Crippen LogP contribution in [0, 0.1) is 5.92 Å². The van der Waals surface area contributed by atoms with E-state index < -0.39 is 0 Å². The molecule has 0 spiro atoms. The quantitative estimate of drug-likeness (QED) is 0.835. The van der Waals surface area contributed by atoms with Gasteiger partial charge in [-0.25, -0.2) is 0 Å². The molecule has 1 aromatic rings. The monoisotopic (exact) mass is 305 g/mol. The summed E-state index contributed by atoms with van der Waals surface area (Å²) < 4.78 is 1.08. The Labute approximate surface area is 122 Å². The number of hydrogen-bond donors (Lipinski definition) is 1. The molecule has 0 aromatic carbocycles. The van der Waals surface area contributed by atoms with Crippen molar-refractivity contribution in [1.29, 1.82) is 0 Å². The fraction of sp³-hybridized carbons (Fsp3) is 0.615. The predicted molar refractivity (Wildman–Crippen MR) is 78.1 cm³/mol. The van der Waals surface area contributed by atoms with Gasteiger partial charge in [0.2, 0.25) is 0 Å². The molecule has 1 aromatic heterocycles. The number of halogens is 2. The van der Waals surface area contributed by atoms with Crippen molar-refractivity contribution in [1.82, 2.24) is 5.32 Å². The number of Topliss-reactive ketones (excluding diaryl/α,β-unsaturated/α-hetero) is 1. The van der Waals surface area contributed by atoms with Gasteiger partial charge < -0.3 is 5.32 Å². The van der Waals surface area contributed by atoms with Crippen LogP contribution in [-0.2, 0) is 0 Å². The zero-order valence-corrected chi connectivity index (χ0v) is 12.7. The standard InChI is InChI=1S/C13H17Cl2NOS/c1-2-8-3-4-16-9(5-8)6-11(17)10-7-12(14)18-13(10)15/h7-9,16H,2-6H2,1H3. The minimum absolute atomic E-state index is 0.0948. The molecule has 1 fully saturated rings. The summed E-state index contributed by atoms with van der Waals surface area (Å²) in [6.07, 6.45) is 4.00. The summed E-state index contributed by atoms with van der Waals surface area (Å²) in [5, 5.41) is 3.42. The maximum atomic E-state index is 12.2. The third kappa shape index (κ3) is 3.47. The molecule has 1 aliphatic rings. The van der Waals surface area contributed by atoms with E-state index in [1.54, 1.807) is 6.07 Å². The van der Waals surface area contributed by atoms with Gasteiger partial charge in [-0.05, 0) is 31.4 Å². The summed E-state index contributed by atoms with van der Waals surface area (Å²) in [5.74, 6) is 0.836. The van der Waals surface area contributed by atoms with Gasteiger partial charge in [-0.3, -0.25) is 4.79 Å². The maximum Gasteiger partial charge on any atom is 0.166 e. The highest BCUT2D eigenvalue weighted by molar-refractivity contribution is 7.20. The topological polar surface area (TPSA) is 29.1 Å². The molecule has 2 unspecified atom stereocenters. The Kier molecular flexibility index (Phi) is 5.07. The van der Waals surface area contributed by atoms with Crippen LogP contribution in [-0.4, -0.2) is 18.4 Å². The first kappa shape index (κ1) is 14.3. The zero-order chi connectivity index (χ0) is 13.1. The molecular formula is C13H17Cl2NOS. The Morgan fingerprint density at radius 2 is 2.33 bits per heavy atom. The van der Waals surface area contributed by atoms with Crippen LogP contribution in [0.3, 0.4) is 0 Å². The number of carbonyl (C=O) groups excluding carboxylic acids is 1. The number of hydrogen-bond acceptors (Lipinski definition) is 3. The predicted octanol–water partition coefficient (Wildman–Crippen LogP) is 4.41. The van der Waals surface area contributed by atoms with E-state index in [-0.39, 0.29) is 11.8 Å². The van der Waals surface area contributed by atoms with Crippen molar-refractivity contribution in [3.63, 3.8) is 0 Å². The number of carbonyl (C=O) groups is 1. The minimum Gasteiger partial charge on any atom is -0.314 e. The highest BCUT2D eigenvalue weighted by Gasteiger charge is 2.24. The van der Waals surface area contributed by atoms with Gasteiger partial charge >= 0.3 is 0 Å². The molecule has 0 bridgehead atoms. The molecule has 5 heteroatoms. The Morgan fingerprint density at radius 3 is 2.94 bits per heavy atom. The van der Waals surface area contributed by atoms with Crippen LogP contribution in [0.25, 0.3) is 0 Å². The van der Waals surface area contributed by atoms with E-state index in [4.69, 9.17) is 23.2 Å². The number of rotatable bonds is 4. The summed E-state index contributed by atoms with van der Waals surface area (Å²) in [6, 6.07) is 1.96. The SMILES string of the molecule is CCC1CCNC(CC(=O)c2cc(Cl)sc2Cl)C1. The lowest BCUT2D eigenvalue weighted by molar-refractivity contribution is 0.0957. The van der Waals surface area contributed by atoms with Crippen molar-refractivity contribution < 1.29 is 4.79 Å². The molecule has 1 N–H and O–H groups in total. The van der Waals surface area contributed by atoms with Crippen LogP contribution in [0.4, 0.5) is 0 Å². The molecule has 1 aliphatic heterocycles. The molecule has 0 radical (unpaired) electrons. The number of piperidine rings is 1. The normalized spacial score (nSPS) is 24.2. The molecule has 2 rings (SSSR count). The Bertz CT molecular complexity index is 433. The molecule has 18 heavy (non-hydrogen) atoms. The van der Waals surface area contributed by atoms with Gasteiger partial charge in [-0.2, -0.15) is 0 Å². The van der Waals surface area contributed by atoms with E-state index in [2.05, 4.69) is 12.2 Å². The maximum absolute atomic E-state index is 12.2. The van der Waals surface area contributed by atoms with Gasteiger partial charge in [-0.15, -0.1) is 11.3 Å². The van der Waals surface area contributed by atoms with Crippen molar-refractivity contribution in [3.05, 3.63) is 20.3 Å². The van der Waals surface area contributed by atoms with Gasteiger partial charge in [0.15, 0.2) is 5.78 Å². The summed E-state index contributed by atoms with van der Waals surface area (Å²) in [6.45, 7) is 3.22. The fourth-order valence-electron chi connectivity index (χ4n) is 2.49. The Morgan fingerprint density at radius 1 is 1.56 bits per heavy atom. The van der Waals surface area contributed by atoms with Crippen molar-refractivity contribution in [2.45, 2.75) is 38.6 Å². The van der Waals surface area contributed by atoms with Gasteiger partial charge in [-0.1, -0.05) is 36.5 Å². The lowest BCUT2D eigenvalue weighted by Gasteiger charge is -2.29. The number of nitrogens with one attached hydrogen (secondary N) is 1. The second-order valence-electron chi connectivity index (χ2n) is 4.81. The van der Waals surface area contributed by atoms with Crippen molar-refractivity contribution >= 4 is 40.3 Å². The summed E-state index contributed by atoms with van der Waals surface area (Å²) in [7, 11) is 0. The van der Waals surface area contributed by atoms with Crippen molar-refractivity contribution in [2.24, 2.45) is 5.92 Å². The average Bonchev–Trinajstić information content (AvgIpc) is 2.69. The van der Waals surface area contributed by atoms with E-state index in [1.807, 2.05) is 0 Å². The van der Waals surface area contributed by atoms with Crippen LogP contribution in [0.2, 0.25) is 8.67 Å². The third-order valence-electron chi connectivity index (χ3n) is 3.57. The summed E-state index contributed by atoms with van der Waals surface area (Å²) in [5.41, 5.74) is 0.576. The molecule has 2 nitrogen and oxygen atoms in total. The van der Waals surface area contributed by atoms with Gasteiger partial charge in [0.1, 0.15) is 4.34 Å². The van der Waals surface area contributed by atoms with E-state index in [1.165, 1.54) is 24.2 Å². The average molecular weight is 306 g/mol. The molecule has 100 valence electrons. The highest BCUT2D eigenvalue weighted by atomic mass is 35.5. The van der Waals surface area contributed by atoms with E-state index in [0.717, 1.165) is 18.9 Å². The summed E-state index contributed by atoms with van der Waals surface area (Å²) in [4.78, 5) is 12.2. The lowest BCUT2D eigenvalue weighted by Crippen LogP contribution is -2.39. The smallest absolute Gasteiger partial charge is 0.166 e. The number of ketones is 1. The van der Waals surface area contributed by atoms with Gasteiger partial charge in [0.05, 0.1) is 4.34 Å². The van der Waals surface area contributed by atoms with Gasteiger partial charge in [0.25, 0.3) is 0 Å². The largest absolute Gasteiger partial charge is 0.314 e. The molecular weight excluding hydrogens is 289 g/mol. The second-order valence-corrected chi connectivity index (χ2v) is 7.10. The molecule has 0 amide bonds. The highest BCUT2D eigenvalue weighted by Crippen LogP contribution is 2.32. The van der Waals surface area contributed by atoms with Crippen molar-refractivity contribution in [3.8, 4) is 0 Å². The first-order valence-electron chi connectivity index (χ1n) is 6.31. The van der Waals surface area contributed by atoms with E-state index in [9.17, 15) is 4.79 Å². The Balaban J connectivity index is 1.97. The van der Waals surface area contributed by atoms with Gasteiger partial charge in [0, 0.05) is 18.0 Å². The number of thiophene rings is 1. The second kappa shape index (κ2) is 6.38. The molecule has 0 saturated carbocycles. The van der Waals surface area contributed by atoms with Crippen LogP contribution < -0.4 is 5.32 Å². The molecule has 0 aliphatic carbocycles. The van der Waals surface area contributed by atoms with E-state index >= 15 is 0 Å². The first-order chi connectivity index (χ1) is 8.60.